The third-order valence-electron chi connectivity index (χ3n) is 2.91. The molecule has 0 radical (unpaired) electrons. The van der Waals surface area contributed by atoms with E-state index in [1.807, 2.05) is 45.0 Å². The Morgan fingerprint density at radius 1 is 1.16 bits per heavy atom. The van der Waals surface area contributed by atoms with E-state index in [0.29, 0.717) is 5.56 Å². The molecular formula is C15H14BrN3. The fourth-order valence-electron chi connectivity index (χ4n) is 1.94. The van der Waals surface area contributed by atoms with Crippen LogP contribution in [0.1, 0.15) is 22.5 Å². The Labute approximate surface area is 121 Å². The second-order valence-corrected chi connectivity index (χ2v) is 5.38. The van der Waals surface area contributed by atoms with Gasteiger partial charge in [0.1, 0.15) is 6.07 Å². The van der Waals surface area contributed by atoms with E-state index in [9.17, 15) is 5.26 Å². The van der Waals surface area contributed by atoms with Gasteiger partial charge in [0.05, 0.1) is 16.9 Å². The number of aromatic nitrogens is 1. The maximum atomic E-state index is 9.25. The lowest BCUT2D eigenvalue weighted by atomic mass is 10.1. The van der Waals surface area contributed by atoms with E-state index < -0.39 is 0 Å². The highest BCUT2D eigenvalue weighted by Gasteiger charge is 2.09. The Kier molecular flexibility index (Phi) is 3.87. The molecule has 0 saturated carbocycles. The summed E-state index contributed by atoms with van der Waals surface area (Å²) < 4.78 is 1.00. The molecule has 2 rings (SSSR count). The van der Waals surface area contributed by atoms with Crippen molar-refractivity contribution in [3.63, 3.8) is 0 Å². The third kappa shape index (κ3) is 2.94. The molecule has 1 heterocycles. The minimum atomic E-state index is 0.588. The largest absolute Gasteiger partial charge is 0.354 e. The lowest BCUT2D eigenvalue weighted by molar-refractivity contribution is 1.11. The van der Waals surface area contributed by atoms with Crippen molar-refractivity contribution in [3.05, 3.63) is 51.3 Å². The standard InChI is InChI=1S/C15H14BrN3/c1-9-4-5-12(16)7-14(9)19-15-6-10(2)18-11(3)13(15)8-17/h4-7H,1-3H3,(H,18,19). The highest BCUT2D eigenvalue weighted by Crippen LogP contribution is 2.27. The average Bonchev–Trinajstić information content (AvgIpc) is 2.33. The molecule has 1 aromatic heterocycles. The molecule has 0 atom stereocenters. The van der Waals surface area contributed by atoms with Crippen LogP contribution in [-0.2, 0) is 0 Å². The molecule has 0 unspecified atom stereocenters. The smallest absolute Gasteiger partial charge is 0.103 e. The number of nitrogens with zero attached hydrogens (tertiary/aromatic N) is 2. The maximum Gasteiger partial charge on any atom is 0.103 e. The van der Waals surface area contributed by atoms with Crippen LogP contribution >= 0.6 is 15.9 Å². The number of hydrogen-bond donors (Lipinski definition) is 1. The molecule has 0 fully saturated rings. The number of rotatable bonds is 2. The minimum absolute atomic E-state index is 0.588. The predicted molar refractivity (Wildman–Crippen MR) is 80.6 cm³/mol. The minimum Gasteiger partial charge on any atom is -0.354 e. The summed E-state index contributed by atoms with van der Waals surface area (Å²) >= 11 is 3.46. The molecule has 0 saturated heterocycles. The molecule has 4 heteroatoms. The van der Waals surface area contributed by atoms with Crippen LogP contribution in [0.4, 0.5) is 11.4 Å². The van der Waals surface area contributed by atoms with Gasteiger partial charge in [-0.2, -0.15) is 5.26 Å². The van der Waals surface area contributed by atoms with Gasteiger partial charge in [-0.25, -0.2) is 0 Å². The first-order valence-corrected chi connectivity index (χ1v) is 6.72. The first kappa shape index (κ1) is 13.6. The topological polar surface area (TPSA) is 48.7 Å². The van der Waals surface area contributed by atoms with Crippen LogP contribution in [0.25, 0.3) is 0 Å². The molecule has 0 amide bonds. The predicted octanol–water partition coefficient (Wildman–Crippen LogP) is 4.38. The molecule has 2 aromatic rings. The van der Waals surface area contributed by atoms with Gasteiger partial charge in [0.15, 0.2) is 0 Å². The van der Waals surface area contributed by atoms with E-state index in [4.69, 9.17) is 0 Å². The van der Waals surface area contributed by atoms with Gasteiger partial charge >= 0.3 is 0 Å². The van der Waals surface area contributed by atoms with E-state index >= 15 is 0 Å². The zero-order valence-electron chi connectivity index (χ0n) is 11.1. The Bertz CT molecular complexity index is 672. The van der Waals surface area contributed by atoms with Gasteiger partial charge in [-0.15, -0.1) is 0 Å². The number of hydrogen-bond acceptors (Lipinski definition) is 3. The molecule has 1 N–H and O–H groups in total. The first-order chi connectivity index (χ1) is 9.01. The summed E-state index contributed by atoms with van der Waals surface area (Å²) in [5.41, 5.74) is 5.14. The van der Waals surface area contributed by atoms with Crippen LogP contribution in [0.2, 0.25) is 0 Å². The zero-order valence-corrected chi connectivity index (χ0v) is 12.7. The quantitative estimate of drug-likeness (QED) is 0.894. The van der Waals surface area contributed by atoms with Gasteiger partial charge in [-0.05, 0) is 44.5 Å². The lowest BCUT2D eigenvalue weighted by Crippen LogP contribution is -2.00. The molecule has 0 spiro atoms. The number of nitriles is 1. The summed E-state index contributed by atoms with van der Waals surface area (Å²) in [6, 6.07) is 10.1. The molecule has 0 aliphatic rings. The van der Waals surface area contributed by atoms with Crippen molar-refractivity contribution in [1.29, 1.82) is 5.26 Å². The van der Waals surface area contributed by atoms with Crippen molar-refractivity contribution in [2.45, 2.75) is 20.8 Å². The summed E-state index contributed by atoms with van der Waals surface area (Å²) in [7, 11) is 0. The van der Waals surface area contributed by atoms with Crippen LogP contribution in [0.3, 0.4) is 0 Å². The lowest BCUT2D eigenvalue weighted by Gasteiger charge is -2.13. The molecule has 96 valence electrons. The van der Waals surface area contributed by atoms with Crippen molar-refractivity contribution >= 4 is 27.3 Å². The van der Waals surface area contributed by atoms with Crippen molar-refractivity contribution < 1.29 is 0 Å². The second-order valence-electron chi connectivity index (χ2n) is 4.47. The van der Waals surface area contributed by atoms with Crippen LogP contribution in [0.5, 0.6) is 0 Å². The van der Waals surface area contributed by atoms with E-state index in [1.165, 1.54) is 0 Å². The van der Waals surface area contributed by atoms with Crippen LogP contribution in [-0.4, -0.2) is 4.98 Å². The first-order valence-electron chi connectivity index (χ1n) is 5.93. The Hall–Kier alpha value is -1.86. The van der Waals surface area contributed by atoms with E-state index in [1.54, 1.807) is 0 Å². The van der Waals surface area contributed by atoms with Crippen molar-refractivity contribution in [1.82, 2.24) is 4.98 Å². The van der Waals surface area contributed by atoms with Gasteiger partial charge in [-0.3, -0.25) is 4.98 Å². The molecular weight excluding hydrogens is 302 g/mol. The van der Waals surface area contributed by atoms with Gasteiger partial charge in [0.25, 0.3) is 0 Å². The van der Waals surface area contributed by atoms with Crippen molar-refractivity contribution in [2.24, 2.45) is 0 Å². The average molecular weight is 316 g/mol. The second kappa shape index (κ2) is 5.41. The van der Waals surface area contributed by atoms with Gasteiger partial charge < -0.3 is 5.32 Å². The van der Waals surface area contributed by atoms with Crippen molar-refractivity contribution in [2.75, 3.05) is 5.32 Å². The van der Waals surface area contributed by atoms with E-state index in [-0.39, 0.29) is 0 Å². The number of benzene rings is 1. The molecule has 0 aliphatic carbocycles. The molecule has 0 aliphatic heterocycles. The number of anilines is 2. The number of halogens is 1. The zero-order chi connectivity index (χ0) is 14.0. The summed E-state index contributed by atoms with van der Waals surface area (Å²) in [5, 5.41) is 12.6. The highest BCUT2D eigenvalue weighted by atomic mass is 79.9. The normalized spacial score (nSPS) is 10.1. The Balaban J connectivity index is 2.49. The van der Waals surface area contributed by atoms with Gasteiger partial charge in [0, 0.05) is 15.9 Å². The fourth-order valence-corrected chi connectivity index (χ4v) is 2.30. The van der Waals surface area contributed by atoms with Gasteiger partial charge in [0.2, 0.25) is 0 Å². The fraction of sp³-hybridized carbons (Fsp3) is 0.200. The molecule has 3 nitrogen and oxygen atoms in total. The van der Waals surface area contributed by atoms with Crippen LogP contribution in [0.15, 0.2) is 28.7 Å². The number of nitrogens with one attached hydrogen (secondary N) is 1. The Morgan fingerprint density at radius 2 is 1.89 bits per heavy atom. The summed E-state index contributed by atoms with van der Waals surface area (Å²) in [6.07, 6.45) is 0. The summed E-state index contributed by atoms with van der Waals surface area (Å²) in [4.78, 5) is 4.31. The van der Waals surface area contributed by atoms with Crippen LogP contribution < -0.4 is 5.32 Å². The van der Waals surface area contributed by atoms with E-state index in [2.05, 4.69) is 32.3 Å². The van der Waals surface area contributed by atoms with E-state index in [0.717, 1.165) is 32.8 Å². The highest BCUT2D eigenvalue weighted by molar-refractivity contribution is 9.10. The Morgan fingerprint density at radius 3 is 2.58 bits per heavy atom. The summed E-state index contributed by atoms with van der Waals surface area (Å²) in [6.45, 7) is 5.80. The molecule has 1 aromatic carbocycles. The molecule has 19 heavy (non-hydrogen) atoms. The summed E-state index contributed by atoms with van der Waals surface area (Å²) in [5.74, 6) is 0. The molecule has 0 bridgehead atoms. The number of aryl methyl sites for hydroxylation is 3. The number of pyridine rings is 1. The third-order valence-corrected chi connectivity index (χ3v) is 3.40. The maximum absolute atomic E-state index is 9.25. The van der Waals surface area contributed by atoms with Crippen LogP contribution in [0, 0.1) is 32.1 Å². The van der Waals surface area contributed by atoms with Crippen molar-refractivity contribution in [3.8, 4) is 6.07 Å². The SMILES string of the molecule is Cc1cc(Nc2cc(Br)ccc2C)c(C#N)c(C)n1. The van der Waals surface area contributed by atoms with Gasteiger partial charge in [-0.1, -0.05) is 22.0 Å². The monoisotopic (exact) mass is 315 g/mol.